The number of aromatic nitrogens is 4. The van der Waals surface area contributed by atoms with E-state index in [9.17, 15) is 4.79 Å². The van der Waals surface area contributed by atoms with Crippen LogP contribution in [-0.2, 0) is 4.79 Å². The van der Waals surface area contributed by atoms with E-state index in [0.717, 1.165) is 48.5 Å². The molecule has 5 rings (SSSR count). The summed E-state index contributed by atoms with van der Waals surface area (Å²) < 4.78 is 5.69. The van der Waals surface area contributed by atoms with Crippen molar-refractivity contribution in [3.8, 4) is 17.0 Å². The zero-order chi connectivity index (χ0) is 25.8. The molecule has 1 saturated heterocycles. The lowest BCUT2D eigenvalue weighted by Gasteiger charge is -2.34. The van der Waals surface area contributed by atoms with Crippen LogP contribution in [0.5, 0.6) is 5.75 Å². The van der Waals surface area contributed by atoms with Crippen LogP contribution in [0.25, 0.3) is 22.2 Å². The van der Waals surface area contributed by atoms with Crippen molar-refractivity contribution < 1.29 is 9.53 Å². The van der Waals surface area contributed by atoms with Gasteiger partial charge < -0.3 is 25.2 Å². The van der Waals surface area contributed by atoms with Crippen LogP contribution >= 0.6 is 0 Å². The lowest BCUT2D eigenvalue weighted by molar-refractivity contribution is -0.111. The highest BCUT2D eigenvalue weighted by Crippen LogP contribution is 2.33. The number of anilines is 4. The van der Waals surface area contributed by atoms with Crippen LogP contribution in [0.4, 0.5) is 23.0 Å². The van der Waals surface area contributed by atoms with Gasteiger partial charge in [-0.05, 0) is 37.4 Å². The second kappa shape index (κ2) is 10.6. The smallest absolute Gasteiger partial charge is 0.247 e. The van der Waals surface area contributed by atoms with Crippen LogP contribution < -0.4 is 20.3 Å². The van der Waals surface area contributed by atoms with Gasteiger partial charge in [0, 0.05) is 79.4 Å². The van der Waals surface area contributed by atoms with Gasteiger partial charge in [0.25, 0.3) is 0 Å². The summed E-state index contributed by atoms with van der Waals surface area (Å²) in [7, 11) is 3.80. The molecular formula is C27H28N8O2. The van der Waals surface area contributed by atoms with Gasteiger partial charge in [-0.15, -0.1) is 0 Å². The number of nitrogens with one attached hydrogen (secondary N) is 2. The molecule has 0 radical (unpaired) electrons. The fourth-order valence-electron chi connectivity index (χ4n) is 4.22. The minimum absolute atomic E-state index is 0.297. The van der Waals surface area contributed by atoms with Crippen LogP contribution in [0, 0.1) is 0 Å². The number of piperazine rings is 1. The Labute approximate surface area is 215 Å². The molecule has 10 nitrogen and oxygen atoms in total. The monoisotopic (exact) mass is 496 g/mol. The molecule has 0 bridgehead atoms. The molecule has 188 valence electrons. The van der Waals surface area contributed by atoms with Gasteiger partial charge in [-0.3, -0.25) is 14.8 Å². The van der Waals surface area contributed by atoms with E-state index in [-0.39, 0.29) is 5.91 Å². The number of likely N-dealkylation sites (N-methyl/N-ethyl adjacent to an activating group) is 1. The first-order valence-corrected chi connectivity index (χ1v) is 11.9. The largest absolute Gasteiger partial charge is 0.494 e. The molecule has 1 aliphatic rings. The number of methoxy groups -OCH3 is 1. The number of pyridine rings is 2. The molecule has 0 saturated carbocycles. The molecule has 0 aliphatic carbocycles. The number of rotatable bonds is 7. The van der Waals surface area contributed by atoms with Crippen LogP contribution in [0.2, 0.25) is 0 Å². The lowest BCUT2D eigenvalue weighted by atomic mass is 10.1. The number of hydrogen-bond acceptors (Lipinski definition) is 9. The summed E-state index contributed by atoms with van der Waals surface area (Å²) >= 11 is 0. The predicted molar refractivity (Wildman–Crippen MR) is 145 cm³/mol. The molecule has 1 amide bonds. The molecule has 3 aromatic heterocycles. The maximum atomic E-state index is 11.7. The zero-order valence-electron chi connectivity index (χ0n) is 20.8. The Hall–Kier alpha value is -4.57. The van der Waals surface area contributed by atoms with Crippen LogP contribution in [0.15, 0.2) is 67.8 Å². The average molecular weight is 497 g/mol. The maximum absolute atomic E-state index is 11.7. The second-order valence-electron chi connectivity index (χ2n) is 8.74. The minimum Gasteiger partial charge on any atom is -0.494 e. The fraction of sp³-hybridized carbons (Fsp3) is 0.222. The molecule has 37 heavy (non-hydrogen) atoms. The van der Waals surface area contributed by atoms with E-state index in [0.29, 0.717) is 28.6 Å². The molecule has 4 aromatic rings. The van der Waals surface area contributed by atoms with E-state index in [1.807, 2.05) is 12.1 Å². The number of hydrogen-bond donors (Lipinski definition) is 2. The number of carbonyl (C=O) groups is 1. The quantitative estimate of drug-likeness (QED) is 0.370. The summed E-state index contributed by atoms with van der Waals surface area (Å²) in [6, 6.07) is 9.59. The number of ether oxygens (including phenoxy) is 1. The molecule has 1 fully saturated rings. The standard InChI is InChI=1S/C27H28N8O2/c1-4-25(36)31-19-7-8-29-23(13-19)21-17-28-15-18-16-30-27(33-26(18)21)32-22-6-5-20(14-24(22)37-3)35-11-9-34(2)10-12-35/h4-8,13-17H,1,9-12H2,2-3H3,(H,29,31,36)(H,30,32,33). The molecule has 10 heteroatoms. The van der Waals surface area contributed by atoms with Crippen molar-refractivity contribution in [3.05, 3.63) is 67.8 Å². The highest BCUT2D eigenvalue weighted by Gasteiger charge is 2.17. The molecule has 0 spiro atoms. The Balaban J connectivity index is 1.44. The first kappa shape index (κ1) is 24.1. The predicted octanol–water partition coefficient (Wildman–Crippen LogP) is 3.72. The Bertz CT molecular complexity index is 1450. The van der Waals surface area contributed by atoms with E-state index >= 15 is 0 Å². The molecule has 1 aliphatic heterocycles. The van der Waals surface area contributed by atoms with E-state index in [2.05, 4.69) is 55.1 Å². The van der Waals surface area contributed by atoms with Gasteiger partial charge in [-0.2, -0.15) is 0 Å². The zero-order valence-corrected chi connectivity index (χ0v) is 20.8. The van der Waals surface area contributed by atoms with Crippen molar-refractivity contribution in [1.82, 2.24) is 24.8 Å². The Morgan fingerprint density at radius 1 is 1.08 bits per heavy atom. The topological polar surface area (TPSA) is 108 Å². The molecular weight excluding hydrogens is 468 g/mol. The molecule has 1 aromatic carbocycles. The van der Waals surface area contributed by atoms with Gasteiger partial charge in [-0.25, -0.2) is 9.97 Å². The molecule has 2 N–H and O–H groups in total. The van der Waals surface area contributed by atoms with Crippen molar-refractivity contribution in [2.24, 2.45) is 0 Å². The number of carbonyl (C=O) groups excluding carboxylic acids is 1. The normalized spacial score (nSPS) is 13.8. The van der Waals surface area contributed by atoms with Gasteiger partial charge in [0.15, 0.2) is 0 Å². The van der Waals surface area contributed by atoms with Gasteiger partial charge in [-0.1, -0.05) is 6.58 Å². The summed E-state index contributed by atoms with van der Waals surface area (Å²) in [6.45, 7) is 7.50. The summed E-state index contributed by atoms with van der Waals surface area (Å²) in [5.41, 5.74) is 4.51. The molecule has 4 heterocycles. The highest BCUT2D eigenvalue weighted by atomic mass is 16.5. The van der Waals surface area contributed by atoms with E-state index < -0.39 is 0 Å². The summed E-state index contributed by atoms with van der Waals surface area (Å²) in [6.07, 6.45) is 7.97. The molecule has 0 atom stereocenters. The van der Waals surface area contributed by atoms with E-state index in [1.165, 1.54) is 6.08 Å². The Kier molecular flexibility index (Phi) is 6.91. The summed E-state index contributed by atoms with van der Waals surface area (Å²) in [4.78, 5) is 34.5. The third-order valence-electron chi connectivity index (χ3n) is 6.28. The Morgan fingerprint density at radius 3 is 2.70 bits per heavy atom. The van der Waals surface area contributed by atoms with E-state index in [1.54, 1.807) is 44.0 Å². The van der Waals surface area contributed by atoms with Gasteiger partial charge >= 0.3 is 0 Å². The second-order valence-corrected chi connectivity index (χ2v) is 8.74. The first-order valence-electron chi connectivity index (χ1n) is 11.9. The van der Waals surface area contributed by atoms with Crippen LogP contribution in [0.1, 0.15) is 0 Å². The Morgan fingerprint density at radius 2 is 1.92 bits per heavy atom. The van der Waals surface area contributed by atoms with Gasteiger partial charge in [0.2, 0.25) is 11.9 Å². The number of benzene rings is 1. The van der Waals surface area contributed by atoms with Crippen molar-refractivity contribution in [2.75, 3.05) is 55.9 Å². The first-order chi connectivity index (χ1) is 18.0. The third kappa shape index (κ3) is 5.34. The summed E-state index contributed by atoms with van der Waals surface area (Å²) in [5, 5.41) is 6.81. The van der Waals surface area contributed by atoms with Gasteiger partial charge in [0.05, 0.1) is 24.0 Å². The average Bonchev–Trinajstić information content (AvgIpc) is 2.93. The van der Waals surface area contributed by atoms with Crippen molar-refractivity contribution in [1.29, 1.82) is 0 Å². The maximum Gasteiger partial charge on any atom is 0.247 e. The lowest BCUT2D eigenvalue weighted by Crippen LogP contribution is -2.44. The van der Waals surface area contributed by atoms with Crippen LogP contribution in [0.3, 0.4) is 0 Å². The number of nitrogens with zero attached hydrogens (tertiary/aromatic N) is 6. The third-order valence-corrected chi connectivity index (χ3v) is 6.28. The van der Waals surface area contributed by atoms with Crippen molar-refractivity contribution in [3.63, 3.8) is 0 Å². The molecule has 0 unspecified atom stereocenters. The van der Waals surface area contributed by atoms with E-state index in [4.69, 9.17) is 9.72 Å². The summed E-state index contributed by atoms with van der Waals surface area (Å²) in [5.74, 6) is 0.832. The minimum atomic E-state index is -0.297. The number of fused-ring (bicyclic) bond motifs is 1. The van der Waals surface area contributed by atoms with Gasteiger partial charge in [0.1, 0.15) is 5.75 Å². The SMILES string of the molecule is C=CC(=O)Nc1ccnc(-c2cncc3cnc(Nc4ccc(N5CCN(C)CC5)cc4OC)nc23)c1. The van der Waals surface area contributed by atoms with Crippen molar-refractivity contribution >= 4 is 39.8 Å². The number of amides is 1. The highest BCUT2D eigenvalue weighted by molar-refractivity contribution is 5.99. The van der Waals surface area contributed by atoms with Crippen molar-refractivity contribution in [2.45, 2.75) is 0 Å². The fourth-order valence-corrected chi connectivity index (χ4v) is 4.22. The van der Waals surface area contributed by atoms with Crippen LogP contribution in [-0.4, -0.2) is 71.1 Å².